The molecule has 6 nitrogen and oxygen atoms in total. The number of nitrogens with zero attached hydrogens (tertiary/aromatic N) is 4. The monoisotopic (exact) mass is 314 g/mol. The maximum absolute atomic E-state index is 5.47. The third-order valence-electron chi connectivity index (χ3n) is 4.60. The Morgan fingerprint density at radius 1 is 1.17 bits per heavy atom. The fraction of sp³-hybridized carbons (Fsp3) is 0.529. The zero-order valence-corrected chi connectivity index (χ0v) is 13.4. The molecule has 0 amide bonds. The Labute approximate surface area is 136 Å². The van der Waals surface area contributed by atoms with Crippen molar-refractivity contribution in [3.8, 4) is 11.5 Å². The molecule has 122 valence electrons. The minimum absolute atomic E-state index is 0.339. The molecule has 0 radical (unpaired) electrons. The van der Waals surface area contributed by atoms with E-state index in [9.17, 15) is 0 Å². The Hall–Kier alpha value is -2.08. The second-order valence-electron chi connectivity index (χ2n) is 6.49. The molecule has 0 bridgehead atoms. The molecule has 2 aliphatic heterocycles. The van der Waals surface area contributed by atoms with Crippen LogP contribution in [-0.2, 0) is 19.4 Å². The van der Waals surface area contributed by atoms with E-state index >= 15 is 0 Å². The zero-order valence-electron chi connectivity index (χ0n) is 13.4. The molecule has 0 saturated carbocycles. The average Bonchev–Trinajstić information content (AvgIpc) is 3.15. The summed E-state index contributed by atoms with van der Waals surface area (Å²) in [4.78, 5) is 2.53. The summed E-state index contributed by atoms with van der Waals surface area (Å²) < 4.78 is 13.0. The van der Waals surface area contributed by atoms with Gasteiger partial charge in [0.25, 0.3) is 0 Å². The average molecular weight is 314 g/mol. The molecule has 0 fully saturated rings. The van der Waals surface area contributed by atoms with Crippen molar-refractivity contribution in [3.05, 3.63) is 35.9 Å². The fourth-order valence-corrected chi connectivity index (χ4v) is 3.44. The third kappa shape index (κ3) is 3.17. The minimum atomic E-state index is 0.339. The molecule has 0 unspecified atom stereocenters. The van der Waals surface area contributed by atoms with Crippen LogP contribution >= 0.6 is 0 Å². The molecule has 0 spiro atoms. The van der Waals surface area contributed by atoms with E-state index in [0.29, 0.717) is 12.7 Å². The quantitative estimate of drug-likeness (QED) is 0.860. The van der Waals surface area contributed by atoms with Gasteiger partial charge in [-0.15, -0.1) is 10.2 Å². The second kappa shape index (κ2) is 6.20. The standard InChI is InChI=1S/C17H22N4O2/c1-13(8-14-2-3-15-16(9-14)23-12-22-15)10-20-5-4-17-19-18-11-21(17)7-6-20/h2-3,9,11,13H,4-8,10,12H2,1H3/t13-/m0/s1. The van der Waals surface area contributed by atoms with Gasteiger partial charge in [-0.25, -0.2) is 0 Å². The third-order valence-corrected chi connectivity index (χ3v) is 4.60. The van der Waals surface area contributed by atoms with Gasteiger partial charge in [0.1, 0.15) is 12.2 Å². The highest BCUT2D eigenvalue weighted by atomic mass is 16.7. The van der Waals surface area contributed by atoms with Gasteiger partial charge in [0, 0.05) is 32.6 Å². The maximum Gasteiger partial charge on any atom is 0.231 e. The Morgan fingerprint density at radius 3 is 3.04 bits per heavy atom. The second-order valence-corrected chi connectivity index (χ2v) is 6.49. The van der Waals surface area contributed by atoms with Crippen LogP contribution in [0.5, 0.6) is 11.5 Å². The van der Waals surface area contributed by atoms with E-state index in [4.69, 9.17) is 9.47 Å². The highest BCUT2D eigenvalue weighted by Crippen LogP contribution is 2.33. The van der Waals surface area contributed by atoms with Crippen molar-refractivity contribution in [1.82, 2.24) is 19.7 Å². The number of ether oxygens (including phenoxy) is 2. The fourth-order valence-electron chi connectivity index (χ4n) is 3.44. The Balaban J connectivity index is 1.33. The molecule has 0 saturated heterocycles. The molecule has 1 aromatic carbocycles. The number of benzene rings is 1. The van der Waals surface area contributed by atoms with Gasteiger partial charge in [0.05, 0.1) is 0 Å². The van der Waals surface area contributed by atoms with Crippen LogP contribution in [0.1, 0.15) is 18.3 Å². The van der Waals surface area contributed by atoms with Crippen LogP contribution in [0.15, 0.2) is 24.5 Å². The normalized spacial score (nSPS) is 18.5. The molecule has 23 heavy (non-hydrogen) atoms. The largest absolute Gasteiger partial charge is 0.454 e. The summed E-state index contributed by atoms with van der Waals surface area (Å²) >= 11 is 0. The summed E-state index contributed by atoms with van der Waals surface area (Å²) in [7, 11) is 0. The van der Waals surface area contributed by atoms with E-state index in [-0.39, 0.29) is 0 Å². The van der Waals surface area contributed by atoms with Crippen molar-refractivity contribution in [2.45, 2.75) is 26.3 Å². The molecular formula is C17H22N4O2. The summed E-state index contributed by atoms with van der Waals surface area (Å²) in [6.45, 7) is 6.87. The van der Waals surface area contributed by atoms with Crippen LogP contribution in [0.4, 0.5) is 0 Å². The molecule has 1 aromatic heterocycles. The highest BCUT2D eigenvalue weighted by Gasteiger charge is 2.18. The first kappa shape index (κ1) is 14.5. The molecule has 2 aliphatic rings. The SMILES string of the molecule is C[C@@H](Cc1ccc2c(c1)OCO2)CN1CCc2nncn2CC1. The van der Waals surface area contributed by atoms with Crippen molar-refractivity contribution >= 4 is 0 Å². The van der Waals surface area contributed by atoms with E-state index < -0.39 is 0 Å². The summed E-state index contributed by atoms with van der Waals surface area (Å²) in [6.07, 6.45) is 3.88. The maximum atomic E-state index is 5.47. The van der Waals surface area contributed by atoms with E-state index in [0.717, 1.165) is 56.3 Å². The number of hydrogen-bond acceptors (Lipinski definition) is 5. The van der Waals surface area contributed by atoms with Crippen LogP contribution < -0.4 is 9.47 Å². The van der Waals surface area contributed by atoms with Crippen molar-refractivity contribution < 1.29 is 9.47 Å². The summed E-state index contributed by atoms with van der Waals surface area (Å²) in [5.74, 6) is 3.44. The number of fused-ring (bicyclic) bond motifs is 2. The van der Waals surface area contributed by atoms with E-state index in [2.05, 4.69) is 38.7 Å². The topological polar surface area (TPSA) is 52.4 Å². The van der Waals surface area contributed by atoms with Gasteiger partial charge >= 0.3 is 0 Å². The van der Waals surface area contributed by atoms with Gasteiger partial charge in [0.15, 0.2) is 11.5 Å². The van der Waals surface area contributed by atoms with Crippen LogP contribution in [-0.4, -0.2) is 46.1 Å². The van der Waals surface area contributed by atoms with Gasteiger partial charge in [-0.2, -0.15) is 0 Å². The summed E-state index contributed by atoms with van der Waals surface area (Å²) in [5.41, 5.74) is 1.31. The lowest BCUT2D eigenvalue weighted by atomic mass is 10.00. The molecular weight excluding hydrogens is 292 g/mol. The van der Waals surface area contributed by atoms with Crippen LogP contribution in [0.2, 0.25) is 0 Å². The first-order chi connectivity index (χ1) is 11.3. The van der Waals surface area contributed by atoms with Crippen molar-refractivity contribution in [3.63, 3.8) is 0 Å². The lowest BCUT2D eigenvalue weighted by Crippen LogP contribution is -2.32. The Morgan fingerprint density at radius 2 is 2.09 bits per heavy atom. The molecule has 0 aliphatic carbocycles. The van der Waals surface area contributed by atoms with E-state index in [1.165, 1.54) is 5.56 Å². The number of aromatic nitrogens is 3. The molecule has 2 aromatic rings. The summed E-state index contributed by atoms with van der Waals surface area (Å²) in [6, 6.07) is 6.28. The summed E-state index contributed by atoms with van der Waals surface area (Å²) in [5, 5.41) is 8.18. The van der Waals surface area contributed by atoms with Gasteiger partial charge in [-0.1, -0.05) is 13.0 Å². The van der Waals surface area contributed by atoms with Crippen LogP contribution in [0, 0.1) is 5.92 Å². The lowest BCUT2D eigenvalue weighted by molar-refractivity contribution is 0.174. The number of hydrogen-bond donors (Lipinski definition) is 0. The van der Waals surface area contributed by atoms with Crippen molar-refractivity contribution in [1.29, 1.82) is 0 Å². The van der Waals surface area contributed by atoms with E-state index in [1.54, 1.807) is 0 Å². The van der Waals surface area contributed by atoms with Gasteiger partial charge in [0.2, 0.25) is 6.79 Å². The van der Waals surface area contributed by atoms with E-state index in [1.807, 2.05) is 12.4 Å². The molecule has 4 rings (SSSR count). The van der Waals surface area contributed by atoms with Gasteiger partial charge in [-0.05, 0) is 30.0 Å². The van der Waals surface area contributed by atoms with Crippen molar-refractivity contribution in [2.24, 2.45) is 5.92 Å². The highest BCUT2D eigenvalue weighted by molar-refractivity contribution is 5.44. The minimum Gasteiger partial charge on any atom is -0.454 e. The Kier molecular flexibility index (Phi) is 3.91. The molecule has 3 heterocycles. The first-order valence-electron chi connectivity index (χ1n) is 8.25. The van der Waals surface area contributed by atoms with Gasteiger partial charge < -0.3 is 18.9 Å². The predicted octanol–water partition coefficient (Wildman–Crippen LogP) is 1.74. The smallest absolute Gasteiger partial charge is 0.231 e. The molecule has 0 N–H and O–H groups in total. The molecule has 1 atom stereocenters. The first-order valence-corrected chi connectivity index (χ1v) is 8.25. The van der Waals surface area contributed by atoms with Gasteiger partial charge in [-0.3, -0.25) is 0 Å². The predicted molar refractivity (Wildman–Crippen MR) is 85.6 cm³/mol. The molecule has 6 heteroatoms. The van der Waals surface area contributed by atoms with Crippen molar-refractivity contribution in [2.75, 3.05) is 26.4 Å². The van der Waals surface area contributed by atoms with Crippen LogP contribution in [0.25, 0.3) is 0 Å². The Bertz CT molecular complexity index is 662. The van der Waals surface area contributed by atoms with Crippen LogP contribution in [0.3, 0.4) is 0 Å². The zero-order chi connectivity index (χ0) is 15.6. The number of rotatable bonds is 4. The lowest BCUT2D eigenvalue weighted by Gasteiger charge is -2.23.